The number of fused-ring (bicyclic) bond motifs is 1. The van der Waals surface area contributed by atoms with Crippen molar-refractivity contribution in [3.63, 3.8) is 0 Å². The number of nitrogens with zero attached hydrogens (tertiary/aromatic N) is 3. The highest BCUT2D eigenvalue weighted by atomic mass is 35.5. The molecule has 100 valence electrons. The van der Waals surface area contributed by atoms with E-state index < -0.39 is 11.8 Å². The standard InChI is InChI=1S/C12H4Cl3N3O2/c13-5-3-6(14)10(7(15)4-5)18-11(19)8-9(12(18)20)17-2-1-16-8/h1-4H. The fraction of sp³-hybridized carbons (Fsp3) is 0. The van der Waals surface area contributed by atoms with Crippen LogP contribution >= 0.6 is 34.8 Å². The summed E-state index contributed by atoms with van der Waals surface area (Å²) in [4.78, 5) is 33.1. The van der Waals surface area contributed by atoms with Crippen LogP contribution < -0.4 is 4.90 Å². The molecule has 2 heterocycles. The third-order valence-electron chi connectivity index (χ3n) is 2.71. The van der Waals surface area contributed by atoms with Crippen LogP contribution in [0.5, 0.6) is 0 Å². The van der Waals surface area contributed by atoms with E-state index in [1.807, 2.05) is 0 Å². The van der Waals surface area contributed by atoms with E-state index in [0.717, 1.165) is 4.90 Å². The average Bonchev–Trinajstić information content (AvgIpc) is 2.64. The Morgan fingerprint density at radius 3 is 1.75 bits per heavy atom. The highest BCUT2D eigenvalue weighted by molar-refractivity contribution is 6.45. The summed E-state index contributed by atoms with van der Waals surface area (Å²) in [6.45, 7) is 0. The van der Waals surface area contributed by atoms with Gasteiger partial charge in [0, 0.05) is 17.4 Å². The molecule has 8 heteroatoms. The van der Waals surface area contributed by atoms with Gasteiger partial charge in [0.05, 0.1) is 15.7 Å². The fourth-order valence-electron chi connectivity index (χ4n) is 1.91. The summed E-state index contributed by atoms with van der Waals surface area (Å²) < 4.78 is 0. The van der Waals surface area contributed by atoms with Gasteiger partial charge in [-0.25, -0.2) is 14.9 Å². The van der Waals surface area contributed by atoms with E-state index >= 15 is 0 Å². The van der Waals surface area contributed by atoms with Crippen molar-refractivity contribution in [2.75, 3.05) is 4.90 Å². The number of hydrogen-bond acceptors (Lipinski definition) is 4. The number of aromatic nitrogens is 2. The third kappa shape index (κ3) is 1.86. The molecule has 3 rings (SSSR count). The minimum absolute atomic E-state index is 0.0282. The number of benzene rings is 1. The molecule has 0 saturated carbocycles. The lowest BCUT2D eigenvalue weighted by Gasteiger charge is -2.16. The lowest BCUT2D eigenvalue weighted by molar-refractivity contribution is 0.0923. The number of anilines is 1. The summed E-state index contributed by atoms with van der Waals surface area (Å²) in [7, 11) is 0. The van der Waals surface area contributed by atoms with E-state index in [1.54, 1.807) is 0 Å². The zero-order valence-electron chi connectivity index (χ0n) is 9.60. The molecule has 0 saturated heterocycles. The maximum atomic E-state index is 12.2. The van der Waals surface area contributed by atoms with Crippen LogP contribution in [-0.2, 0) is 0 Å². The third-order valence-corrected chi connectivity index (χ3v) is 3.51. The van der Waals surface area contributed by atoms with Crippen LogP contribution in [0.15, 0.2) is 24.5 Å². The molecule has 5 nitrogen and oxygen atoms in total. The topological polar surface area (TPSA) is 63.2 Å². The van der Waals surface area contributed by atoms with Crippen molar-refractivity contribution < 1.29 is 9.59 Å². The minimum Gasteiger partial charge on any atom is -0.266 e. The van der Waals surface area contributed by atoms with Gasteiger partial charge in [0.15, 0.2) is 11.4 Å². The van der Waals surface area contributed by atoms with Gasteiger partial charge in [0.2, 0.25) is 0 Å². The zero-order chi connectivity index (χ0) is 14.4. The Kier molecular flexibility index (Phi) is 3.12. The molecule has 0 N–H and O–H groups in total. The van der Waals surface area contributed by atoms with Crippen LogP contribution in [0, 0.1) is 0 Å². The summed E-state index contributed by atoms with van der Waals surface area (Å²) in [6.07, 6.45) is 2.66. The second kappa shape index (κ2) is 4.70. The summed E-state index contributed by atoms with van der Waals surface area (Å²) in [5.41, 5.74) is 0.0201. The zero-order valence-corrected chi connectivity index (χ0v) is 11.9. The van der Waals surface area contributed by atoms with Gasteiger partial charge in [-0.1, -0.05) is 34.8 Å². The largest absolute Gasteiger partial charge is 0.286 e. The number of hydrogen-bond donors (Lipinski definition) is 0. The smallest absolute Gasteiger partial charge is 0.266 e. The Bertz CT molecular complexity index is 705. The first kappa shape index (κ1) is 13.3. The van der Waals surface area contributed by atoms with Crippen molar-refractivity contribution in [3.05, 3.63) is 51.0 Å². The van der Waals surface area contributed by atoms with Gasteiger partial charge >= 0.3 is 0 Å². The first-order chi connectivity index (χ1) is 9.50. The summed E-state index contributed by atoms with van der Waals surface area (Å²) in [6, 6.07) is 2.80. The lowest BCUT2D eigenvalue weighted by Crippen LogP contribution is -2.30. The van der Waals surface area contributed by atoms with Crippen LogP contribution in [0.1, 0.15) is 21.0 Å². The average molecular weight is 329 g/mol. The van der Waals surface area contributed by atoms with Gasteiger partial charge in [-0.05, 0) is 12.1 Å². The van der Waals surface area contributed by atoms with Crippen LogP contribution in [-0.4, -0.2) is 21.8 Å². The predicted octanol–water partition coefficient (Wildman–Crippen LogP) is 3.24. The molecule has 1 aromatic heterocycles. The van der Waals surface area contributed by atoms with Gasteiger partial charge in [-0.3, -0.25) is 9.59 Å². The Balaban J connectivity index is 2.19. The van der Waals surface area contributed by atoms with E-state index in [-0.39, 0.29) is 27.1 Å². The van der Waals surface area contributed by atoms with Gasteiger partial charge in [0.1, 0.15) is 0 Å². The molecule has 20 heavy (non-hydrogen) atoms. The van der Waals surface area contributed by atoms with Crippen molar-refractivity contribution in [2.24, 2.45) is 0 Å². The first-order valence-corrected chi connectivity index (χ1v) is 6.48. The second-order valence-corrected chi connectivity index (χ2v) is 5.17. The van der Waals surface area contributed by atoms with Crippen LogP contribution in [0.4, 0.5) is 5.69 Å². The van der Waals surface area contributed by atoms with Crippen molar-refractivity contribution in [2.45, 2.75) is 0 Å². The number of halogens is 3. The number of imide groups is 1. The Hall–Kier alpha value is -1.69. The molecular weight excluding hydrogens is 325 g/mol. The van der Waals surface area contributed by atoms with Crippen LogP contribution in [0.3, 0.4) is 0 Å². The predicted molar refractivity (Wildman–Crippen MR) is 74.6 cm³/mol. The Morgan fingerprint density at radius 1 is 0.850 bits per heavy atom. The fourth-order valence-corrected chi connectivity index (χ4v) is 2.89. The molecule has 0 bridgehead atoms. The van der Waals surface area contributed by atoms with Crippen molar-refractivity contribution in [3.8, 4) is 0 Å². The monoisotopic (exact) mass is 327 g/mol. The molecule has 1 aliphatic rings. The highest BCUT2D eigenvalue weighted by Gasteiger charge is 2.41. The molecule has 0 atom stereocenters. The quantitative estimate of drug-likeness (QED) is 0.754. The molecule has 0 aliphatic carbocycles. The van der Waals surface area contributed by atoms with Gasteiger partial charge in [-0.15, -0.1) is 0 Å². The van der Waals surface area contributed by atoms with E-state index in [4.69, 9.17) is 34.8 Å². The van der Waals surface area contributed by atoms with E-state index in [1.165, 1.54) is 24.5 Å². The van der Waals surface area contributed by atoms with E-state index in [9.17, 15) is 9.59 Å². The second-order valence-electron chi connectivity index (χ2n) is 3.92. The van der Waals surface area contributed by atoms with Gasteiger partial charge in [-0.2, -0.15) is 0 Å². The molecule has 1 aromatic carbocycles. The molecule has 2 aromatic rings. The number of amides is 2. The molecule has 0 spiro atoms. The summed E-state index contributed by atoms with van der Waals surface area (Å²) in [5.74, 6) is -1.24. The Labute approximate surface area is 128 Å². The molecule has 0 unspecified atom stereocenters. The van der Waals surface area contributed by atoms with E-state index in [2.05, 4.69) is 9.97 Å². The molecule has 0 fully saturated rings. The number of carbonyl (C=O) groups is 2. The molecule has 0 radical (unpaired) electrons. The van der Waals surface area contributed by atoms with Crippen molar-refractivity contribution in [1.29, 1.82) is 0 Å². The molecule has 1 aliphatic heterocycles. The SMILES string of the molecule is O=C1c2nccnc2C(=O)N1c1c(Cl)cc(Cl)cc1Cl. The number of carbonyl (C=O) groups excluding carboxylic acids is 2. The van der Waals surface area contributed by atoms with E-state index in [0.29, 0.717) is 5.02 Å². The maximum Gasteiger partial charge on any atom is 0.286 e. The maximum absolute atomic E-state index is 12.2. The normalized spacial score (nSPS) is 13.8. The number of rotatable bonds is 1. The first-order valence-electron chi connectivity index (χ1n) is 5.35. The highest BCUT2D eigenvalue weighted by Crippen LogP contribution is 2.39. The van der Waals surface area contributed by atoms with Crippen molar-refractivity contribution >= 4 is 52.3 Å². The summed E-state index contributed by atoms with van der Waals surface area (Å²) >= 11 is 17.9. The minimum atomic E-state index is -0.621. The van der Waals surface area contributed by atoms with Crippen LogP contribution in [0.2, 0.25) is 15.1 Å². The van der Waals surface area contributed by atoms with Gasteiger partial charge in [0.25, 0.3) is 11.8 Å². The molecular formula is C12H4Cl3N3O2. The molecule has 2 amide bonds. The lowest BCUT2D eigenvalue weighted by atomic mass is 10.3. The van der Waals surface area contributed by atoms with Crippen molar-refractivity contribution in [1.82, 2.24) is 9.97 Å². The Morgan fingerprint density at radius 2 is 1.30 bits per heavy atom. The van der Waals surface area contributed by atoms with Gasteiger partial charge < -0.3 is 0 Å². The summed E-state index contributed by atoms with van der Waals surface area (Å²) in [5, 5.41) is 0.491. The van der Waals surface area contributed by atoms with Crippen LogP contribution in [0.25, 0.3) is 0 Å².